The van der Waals surface area contributed by atoms with Gasteiger partial charge in [0.05, 0.1) is 17.8 Å². The van der Waals surface area contributed by atoms with Gasteiger partial charge >= 0.3 is 6.18 Å². The van der Waals surface area contributed by atoms with Crippen LogP contribution in [0, 0.1) is 0 Å². The van der Waals surface area contributed by atoms with Crippen molar-refractivity contribution in [3.05, 3.63) is 57.5 Å². The van der Waals surface area contributed by atoms with Crippen molar-refractivity contribution >= 4 is 11.3 Å². The first-order valence-corrected chi connectivity index (χ1v) is 9.06. The minimum atomic E-state index is -4.36. The van der Waals surface area contributed by atoms with Crippen molar-refractivity contribution < 1.29 is 13.2 Å². The molecular weight excluding hydrogens is 363 g/mol. The summed E-state index contributed by atoms with van der Waals surface area (Å²) in [5, 5.41) is 13.8. The van der Waals surface area contributed by atoms with E-state index in [0.29, 0.717) is 18.1 Å². The van der Waals surface area contributed by atoms with Crippen molar-refractivity contribution in [2.45, 2.75) is 32.1 Å². The van der Waals surface area contributed by atoms with Crippen LogP contribution in [0.4, 0.5) is 13.2 Å². The number of halogens is 3. The highest BCUT2D eigenvalue weighted by molar-refractivity contribution is 7.10. The fraction of sp³-hybridized carbons (Fsp3) is 0.353. The second kappa shape index (κ2) is 6.48. The number of alkyl halides is 3. The van der Waals surface area contributed by atoms with E-state index < -0.39 is 11.7 Å². The largest absolute Gasteiger partial charge is 0.416 e. The van der Waals surface area contributed by atoms with Gasteiger partial charge in [0.1, 0.15) is 0 Å². The Morgan fingerprint density at radius 2 is 1.96 bits per heavy atom. The highest BCUT2D eigenvalue weighted by atomic mass is 32.1. The summed E-state index contributed by atoms with van der Waals surface area (Å²) in [5.74, 6) is 0.607. The van der Waals surface area contributed by atoms with Crippen molar-refractivity contribution in [2.75, 3.05) is 6.54 Å². The topological polar surface area (TPSA) is 46.8 Å². The molecular formula is C17H16F3N5S. The van der Waals surface area contributed by atoms with Gasteiger partial charge in [-0.05, 0) is 65.0 Å². The van der Waals surface area contributed by atoms with Gasteiger partial charge in [-0.3, -0.25) is 4.90 Å². The molecule has 0 saturated carbocycles. The lowest BCUT2D eigenvalue weighted by Crippen LogP contribution is -2.33. The normalized spacial score (nSPS) is 18.1. The second-order valence-corrected chi connectivity index (χ2v) is 7.25. The van der Waals surface area contributed by atoms with Crippen LogP contribution in [0.2, 0.25) is 0 Å². The Hall–Kier alpha value is -2.26. The summed E-state index contributed by atoms with van der Waals surface area (Å²) in [4.78, 5) is 3.69. The van der Waals surface area contributed by atoms with Gasteiger partial charge in [-0.25, -0.2) is 0 Å². The molecule has 1 unspecified atom stereocenters. The van der Waals surface area contributed by atoms with Crippen LogP contribution in [-0.4, -0.2) is 31.7 Å². The fourth-order valence-electron chi connectivity index (χ4n) is 3.26. The Kier molecular flexibility index (Phi) is 4.28. The maximum absolute atomic E-state index is 12.7. The highest BCUT2D eigenvalue weighted by Gasteiger charge is 2.30. The summed E-state index contributed by atoms with van der Waals surface area (Å²) in [6.07, 6.45) is -3.37. The van der Waals surface area contributed by atoms with Crippen LogP contribution in [-0.2, 0) is 19.1 Å². The zero-order chi connectivity index (χ0) is 18.3. The van der Waals surface area contributed by atoms with Crippen molar-refractivity contribution in [1.82, 2.24) is 25.1 Å². The monoisotopic (exact) mass is 379 g/mol. The first kappa shape index (κ1) is 17.2. The molecule has 3 heterocycles. The number of aromatic nitrogens is 4. The molecule has 0 fully saturated rings. The van der Waals surface area contributed by atoms with Gasteiger partial charge in [0.15, 0.2) is 5.82 Å². The molecule has 9 heteroatoms. The number of fused-ring (bicyclic) bond motifs is 1. The minimum Gasteiger partial charge on any atom is -0.289 e. The number of rotatable bonds is 3. The fourth-order valence-corrected chi connectivity index (χ4v) is 4.22. The van der Waals surface area contributed by atoms with Crippen LogP contribution in [0.5, 0.6) is 0 Å². The second-order valence-electron chi connectivity index (χ2n) is 6.25. The highest BCUT2D eigenvalue weighted by Crippen LogP contribution is 2.34. The summed E-state index contributed by atoms with van der Waals surface area (Å²) >= 11 is 1.78. The lowest BCUT2D eigenvalue weighted by atomic mass is 10.0. The Labute approximate surface area is 152 Å². The molecule has 1 aliphatic rings. The molecule has 0 N–H and O–H groups in total. The molecule has 3 aromatic rings. The Bertz CT molecular complexity index is 900. The molecule has 136 valence electrons. The molecule has 0 saturated heterocycles. The summed E-state index contributed by atoms with van der Waals surface area (Å²) < 4.78 is 39.7. The van der Waals surface area contributed by atoms with Gasteiger partial charge in [-0.15, -0.1) is 16.4 Å². The molecule has 0 bridgehead atoms. The van der Waals surface area contributed by atoms with E-state index in [9.17, 15) is 13.2 Å². The van der Waals surface area contributed by atoms with E-state index in [1.54, 1.807) is 11.3 Å². The van der Waals surface area contributed by atoms with Gasteiger partial charge in [0, 0.05) is 17.5 Å². The summed E-state index contributed by atoms with van der Waals surface area (Å²) in [5.41, 5.74) is 1.15. The lowest BCUT2D eigenvalue weighted by molar-refractivity contribution is -0.137. The van der Waals surface area contributed by atoms with Crippen LogP contribution in [0.15, 0.2) is 35.7 Å². The first-order chi connectivity index (χ1) is 12.4. The maximum atomic E-state index is 12.7. The van der Waals surface area contributed by atoms with E-state index >= 15 is 0 Å². The SMILES string of the molecule is CC1c2ccsc2CCN1Cc1nnnn1-c1ccc(C(F)(F)F)cc1. The average Bonchev–Trinajstić information content (AvgIpc) is 3.26. The third kappa shape index (κ3) is 3.12. The van der Waals surface area contributed by atoms with Crippen LogP contribution in [0.1, 0.15) is 34.8 Å². The number of benzene rings is 1. The number of hydrogen-bond donors (Lipinski definition) is 0. The molecule has 0 spiro atoms. The molecule has 5 nitrogen and oxygen atoms in total. The van der Waals surface area contributed by atoms with E-state index in [-0.39, 0.29) is 6.04 Å². The van der Waals surface area contributed by atoms with Crippen molar-refractivity contribution in [1.29, 1.82) is 0 Å². The van der Waals surface area contributed by atoms with Gasteiger partial charge in [0.2, 0.25) is 0 Å². The first-order valence-electron chi connectivity index (χ1n) is 8.18. The standard InChI is InChI=1S/C17H16F3N5S/c1-11-14-7-9-26-15(14)6-8-24(11)10-16-21-22-23-25(16)13-4-2-12(3-5-13)17(18,19)20/h2-5,7,9,11H,6,8,10H2,1H3. The molecule has 0 radical (unpaired) electrons. The van der Waals surface area contributed by atoms with E-state index in [0.717, 1.165) is 25.1 Å². The van der Waals surface area contributed by atoms with Crippen LogP contribution >= 0.6 is 11.3 Å². The van der Waals surface area contributed by atoms with Crippen molar-refractivity contribution in [3.63, 3.8) is 0 Å². The zero-order valence-electron chi connectivity index (χ0n) is 13.9. The van der Waals surface area contributed by atoms with E-state index in [4.69, 9.17) is 0 Å². The Morgan fingerprint density at radius 3 is 2.69 bits per heavy atom. The minimum absolute atomic E-state index is 0.253. The predicted molar refractivity (Wildman–Crippen MR) is 91.0 cm³/mol. The number of tetrazole rings is 1. The van der Waals surface area contributed by atoms with Gasteiger partial charge in [-0.1, -0.05) is 0 Å². The molecule has 0 aliphatic carbocycles. The molecule has 4 rings (SSSR count). The summed E-state index contributed by atoms with van der Waals surface area (Å²) in [6.45, 7) is 3.58. The van der Waals surface area contributed by atoms with Gasteiger partial charge in [-0.2, -0.15) is 17.9 Å². The molecule has 2 aromatic heterocycles. The Morgan fingerprint density at radius 1 is 1.19 bits per heavy atom. The van der Waals surface area contributed by atoms with Gasteiger partial charge in [0.25, 0.3) is 0 Å². The van der Waals surface area contributed by atoms with Crippen molar-refractivity contribution in [3.8, 4) is 5.69 Å². The maximum Gasteiger partial charge on any atom is 0.416 e. The van der Waals surface area contributed by atoms with Crippen molar-refractivity contribution in [2.24, 2.45) is 0 Å². The summed E-state index contributed by atoms with van der Waals surface area (Å²) in [6, 6.07) is 7.26. The average molecular weight is 379 g/mol. The molecule has 1 atom stereocenters. The van der Waals surface area contributed by atoms with Crippen LogP contribution in [0.25, 0.3) is 5.69 Å². The molecule has 1 aliphatic heterocycles. The molecule has 1 aromatic carbocycles. The smallest absolute Gasteiger partial charge is 0.289 e. The lowest BCUT2D eigenvalue weighted by Gasteiger charge is -2.32. The van der Waals surface area contributed by atoms with Crippen LogP contribution in [0.3, 0.4) is 0 Å². The van der Waals surface area contributed by atoms with E-state index in [2.05, 4.69) is 38.8 Å². The van der Waals surface area contributed by atoms with Crippen LogP contribution < -0.4 is 0 Å². The van der Waals surface area contributed by atoms with E-state index in [1.807, 2.05) is 0 Å². The third-order valence-corrected chi connectivity index (χ3v) is 5.72. The van der Waals surface area contributed by atoms with Gasteiger partial charge < -0.3 is 0 Å². The quantitative estimate of drug-likeness (QED) is 0.693. The molecule has 26 heavy (non-hydrogen) atoms. The number of hydrogen-bond acceptors (Lipinski definition) is 5. The molecule has 0 amide bonds. The number of thiophene rings is 1. The zero-order valence-corrected chi connectivity index (χ0v) is 14.8. The number of nitrogens with zero attached hydrogens (tertiary/aromatic N) is 5. The summed E-state index contributed by atoms with van der Waals surface area (Å²) in [7, 11) is 0. The predicted octanol–water partition coefficient (Wildman–Crippen LogP) is 3.86. The third-order valence-electron chi connectivity index (χ3n) is 4.72. The Balaban J connectivity index is 1.56. The van der Waals surface area contributed by atoms with E-state index in [1.165, 1.54) is 27.3 Å².